The summed E-state index contributed by atoms with van der Waals surface area (Å²) in [6.45, 7) is 3.42. The molecule has 0 aromatic heterocycles. The van der Waals surface area contributed by atoms with E-state index in [1.807, 2.05) is 0 Å². The van der Waals surface area contributed by atoms with Crippen molar-refractivity contribution in [1.82, 2.24) is 0 Å². The Morgan fingerprint density at radius 3 is 2.44 bits per heavy atom. The maximum atomic E-state index is 13.8. The van der Waals surface area contributed by atoms with E-state index in [0.29, 0.717) is 0 Å². The van der Waals surface area contributed by atoms with Crippen molar-refractivity contribution in [3.8, 4) is 5.75 Å². The van der Waals surface area contributed by atoms with Crippen molar-refractivity contribution in [1.29, 1.82) is 0 Å². The number of hydrogen-bond donors (Lipinski definition) is 1. The van der Waals surface area contributed by atoms with Gasteiger partial charge in [-0.3, -0.25) is 0 Å². The lowest BCUT2D eigenvalue weighted by Gasteiger charge is -2.20. The summed E-state index contributed by atoms with van der Waals surface area (Å²) in [5, 5.41) is 0. The third-order valence-corrected chi connectivity index (χ3v) is 2.81. The molecule has 0 atom stereocenters. The van der Waals surface area contributed by atoms with Crippen LogP contribution in [0.3, 0.4) is 0 Å². The van der Waals surface area contributed by atoms with Gasteiger partial charge < -0.3 is 10.5 Å². The van der Waals surface area contributed by atoms with Crippen LogP contribution in [0.15, 0.2) is 10.5 Å². The predicted octanol–water partition coefficient (Wildman–Crippen LogP) is 3.02. The molecule has 0 bridgehead atoms. The summed E-state index contributed by atoms with van der Waals surface area (Å²) in [7, 11) is 1.35. The minimum Gasteiger partial charge on any atom is -0.495 e. The second-order valence-corrected chi connectivity index (χ2v) is 5.13. The number of halogens is 3. The lowest BCUT2D eigenvalue weighted by molar-refractivity contribution is 0.398. The third kappa shape index (κ3) is 2.92. The van der Waals surface area contributed by atoms with Crippen LogP contribution in [0.5, 0.6) is 5.75 Å². The standard InChI is InChI=1S/C11H14BrF2NO/c1-11(2,15)5-6-7(13)4-8(16-3)9(12)10(6)14/h4H,5,15H2,1-3H3. The largest absolute Gasteiger partial charge is 0.495 e. The molecule has 0 unspecified atom stereocenters. The van der Waals surface area contributed by atoms with Gasteiger partial charge in [-0.25, -0.2) is 8.78 Å². The van der Waals surface area contributed by atoms with Crippen LogP contribution in [0.2, 0.25) is 0 Å². The molecule has 0 aliphatic heterocycles. The molecule has 2 nitrogen and oxygen atoms in total. The average Bonchev–Trinajstić information content (AvgIpc) is 2.17. The van der Waals surface area contributed by atoms with E-state index in [9.17, 15) is 8.78 Å². The maximum absolute atomic E-state index is 13.8. The van der Waals surface area contributed by atoms with Gasteiger partial charge >= 0.3 is 0 Å². The van der Waals surface area contributed by atoms with Gasteiger partial charge in [-0.1, -0.05) is 0 Å². The number of ether oxygens (including phenoxy) is 1. The number of benzene rings is 1. The normalized spacial score (nSPS) is 11.7. The monoisotopic (exact) mass is 293 g/mol. The molecule has 1 rings (SSSR count). The van der Waals surface area contributed by atoms with Crippen molar-refractivity contribution in [3.05, 3.63) is 27.7 Å². The molecule has 0 aliphatic carbocycles. The van der Waals surface area contributed by atoms with Gasteiger partial charge in [-0.2, -0.15) is 0 Å². The molecule has 0 spiro atoms. The Balaban J connectivity index is 3.26. The second-order valence-electron chi connectivity index (χ2n) is 4.33. The topological polar surface area (TPSA) is 35.2 Å². The molecule has 0 saturated carbocycles. The first kappa shape index (κ1) is 13.4. The van der Waals surface area contributed by atoms with E-state index in [4.69, 9.17) is 10.5 Å². The number of methoxy groups -OCH3 is 1. The van der Waals surface area contributed by atoms with Gasteiger partial charge in [-0.15, -0.1) is 0 Å². The quantitative estimate of drug-likeness (QED) is 0.870. The van der Waals surface area contributed by atoms with E-state index in [0.717, 1.165) is 6.07 Å². The minimum absolute atomic E-state index is 0.0276. The highest BCUT2D eigenvalue weighted by Crippen LogP contribution is 2.33. The van der Waals surface area contributed by atoms with Crippen molar-refractivity contribution in [2.75, 3.05) is 7.11 Å². The Labute approximate surface area is 102 Å². The van der Waals surface area contributed by atoms with Gasteiger partial charge in [0.15, 0.2) is 0 Å². The Morgan fingerprint density at radius 2 is 2.00 bits per heavy atom. The fourth-order valence-electron chi connectivity index (χ4n) is 1.38. The molecule has 16 heavy (non-hydrogen) atoms. The zero-order chi connectivity index (χ0) is 12.5. The number of hydrogen-bond acceptors (Lipinski definition) is 2. The molecule has 0 saturated heterocycles. The summed E-state index contributed by atoms with van der Waals surface area (Å²) in [4.78, 5) is 0. The van der Waals surface area contributed by atoms with Crippen LogP contribution in [0, 0.1) is 11.6 Å². The Morgan fingerprint density at radius 1 is 1.44 bits per heavy atom. The first-order valence-electron chi connectivity index (χ1n) is 4.75. The van der Waals surface area contributed by atoms with Crippen LogP contribution < -0.4 is 10.5 Å². The average molecular weight is 294 g/mol. The zero-order valence-electron chi connectivity index (χ0n) is 9.40. The lowest BCUT2D eigenvalue weighted by Crippen LogP contribution is -2.35. The van der Waals surface area contributed by atoms with Gasteiger partial charge in [-0.05, 0) is 36.2 Å². The fourth-order valence-corrected chi connectivity index (χ4v) is 1.89. The van der Waals surface area contributed by atoms with Crippen LogP contribution >= 0.6 is 15.9 Å². The van der Waals surface area contributed by atoms with Gasteiger partial charge in [0.1, 0.15) is 17.4 Å². The first-order valence-corrected chi connectivity index (χ1v) is 5.55. The van der Waals surface area contributed by atoms with Gasteiger partial charge in [0.05, 0.1) is 11.6 Å². The fraction of sp³-hybridized carbons (Fsp3) is 0.455. The van der Waals surface area contributed by atoms with Crippen LogP contribution in [-0.2, 0) is 6.42 Å². The zero-order valence-corrected chi connectivity index (χ0v) is 11.0. The highest BCUT2D eigenvalue weighted by molar-refractivity contribution is 9.10. The molecule has 2 N–H and O–H groups in total. The molecule has 0 fully saturated rings. The van der Waals surface area contributed by atoms with Crippen molar-refractivity contribution in [2.45, 2.75) is 25.8 Å². The molecule has 0 heterocycles. The summed E-state index contributed by atoms with van der Waals surface area (Å²) in [6, 6.07) is 1.15. The highest BCUT2D eigenvalue weighted by atomic mass is 79.9. The molecule has 1 aromatic carbocycles. The Kier molecular flexibility index (Phi) is 3.91. The maximum Gasteiger partial charge on any atom is 0.147 e. The lowest BCUT2D eigenvalue weighted by atomic mass is 9.95. The summed E-state index contributed by atoms with van der Waals surface area (Å²) in [6.07, 6.45) is 0.118. The Hall–Kier alpha value is -0.680. The predicted molar refractivity (Wildman–Crippen MR) is 62.6 cm³/mol. The highest BCUT2D eigenvalue weighted by Gasteiger charge is 2.22. The van der Waals surface area contributed by atoms with Crippen LogP contribution in [0.25, 0.3) is 0 Å². The molecular formula is C11H14BrF2NO. The second kappa shape index (κ2) is 4.67. The van der Waals surface area contributed by atoms with E-state index < -0.39 is 17.2 Å². The van der Waals surface area contributed by atoms with Crippen LogP contribution in [0.4, 0.5) is 8.78 Å². The van der Waals surface area contributed by atoms with Crippen LogP contribution in [-0.4, -0.2) is 12.6 Å². The van der Waals surface area contributed by atoms with Gasteiger partial charge in [0, 0.05) is 17.2 Å². The van der Waals surface area contributed by atoms with E-state index in [1.165, 1.54) is 7.11 Å². The van der Waals surface area contributed by atoms with E-state index in [1.54, 1.807) is 13.8 Å². The molecule has 1 aromatic rings. The van der Waals surface area contributed by atoms with Crippen molar-refractivity contribution in [3.63, 3.8) is 0 Å². The van der Waals surface area contributed by atoms with Crippen LogP contribution in [0.1, 0.15) is 19.4 Å². The summed E-state index contributed by atoms with van der Waals surface area (Å²) in [5.74, 6) is -1.17. The Bertz CT molecular complexity index is 402. The molecular weight excluding hydrogens is 280 g/mol. The van der Waals surface area contributed by atoms with Gasteiger partial charge in [0.25, 0.3) is 0 Å². The molecule has 0 aliphatic rings. The summed E-state index contributed by atoms with van der Waals surface area (Å²) in [5.41, 5.74) is 5.05. The molecule has 0 amide bonds. The number of nitrogens with two attached hydrogens (primary N) is 1. The van der Waals surface area contributed by atoms with Gasteiger partial charge in [0.2, 0.25) is 0 Å². The first-order chi connectivity index (χ1) is 7.26. The van der Waals surface area contributed by atoms with Crippen molar-refractivity contribution >= 4 is 15.9 Å². The van der Waals surface area contributed by atoms with E-state index in [-0.39, 0.29) is 22.2 Å². The smallest absolute Gasteiger partial charge is 0.147 e. The molecule has 0 radical (unpaired) electrons. The summed E-state index contributed by atoms with van der Waals surface area (Å²) >= 11 is 3.03. The van der Waals surface area contributed by atoms with Crippen molar-refractivity contribution < 1.29 is 13.5 Å². The third-order valence-electron chi connectivity index (χ3n) is 2.07. The van der Waals surface area contributed by atoms with E-state index >= 15 is 0 Å². The van der Waals surface area contributed by atoms with E-state index in [2.05, 4.69) is 15.9 Å². The van der Waals surface area contributed by atoms with Crippen molar-refractivity contribution in [2.24, 2.45) is 5.73 Å². The SMILES string of the molecule is COc1cc(F)c(CC(C)(C)N)c(F)c1Br. The molecule has 5 heteroatoms. The minimum atomic E-state index is -0.671. The number of rotatable bonds is 3. The summed E-state index contributed by atoms with van der Waals surface area (Å²) < 4.78 is 32.4. The molecule has 90 valence electrons.